The quantitative estimate of drug-likeness (QED) is 0.577. The molecule has 0 spiro atoms. The molecule has 3 aromatic rings. The number of nitro benzene ring substituents is 1. The first kappa shape index (κ1) is 14.8. The average molecular weight is 312 g/mol. The van der Waals surface area contributed by atoms with Crippen LogP contribution in [0.15, 0.2) is 48.8 Å². The highest BCUT2D eigenvalue weighted by Crippen LogP contribution is 2.23. The summed E-state index contributed by atoms with van der Waals surface area (Å²) in [5, 5.41) is 14.3. The third kappa shape index (κ3) is 3.08. The van der Waals surface area contributed by atoms with Crippen molar-refractivity contribution in [1.29, 1.82) is 0 Å². The molecule has 0 aliphatic carbocycles. The molecule has 0 aliphatic rings. The molecule has 0 bridgehead atoms. The number of hydrogen-bond donors (Lipinski definition) is 1. The minimum absolute atomic E-state index is 0.0769. The van der Waals surface area contributed by atoms with E-state index in [0.717, 1.165) is 0 Å². The number of hydrogen-bond acceptors (Lipinski definition) is 5. The second kappa shape index (κ2) is 6.35. The van der Waals surface area contributed by atoms with Gasteiger partial charge in [-0.1, -0.05) is 24.3 Å². The summed E-state index contributed by atoms with van der Waals surface area (Å²) in [6.45, 7) is 0.394. The number of halogens is 1. The lowest BCUT2D eigenvalue weighted by Gasteiger charge is -2.09. The number of aromatic nitrogens is 2. The van der Waals surface area contributed by atoms with Gasteiger partial charge < -0.3 is 5.32 Å². The molecule has 3 rings (SSSR count). The van der Waals surface area contributed by atoms with Gasteiger partial charge in [0.2, 0.25) is 0 Å². The van der Waals surface area contributed by atoms with Gasteiger partial charge in [-0.2, -0.15) is 0 Å². The highest BCUT2D eigenvalue weighted by Gasteiger charge is 2.12. The predicted octanol–water partition coefficient (Wildman–Crippen LogP) is 3.33. The minimum atomic E-state index is -0.408. The van der Waals surface area contributed by atoms with E-state index in [2.05, 4.69) is 15.3 Å². The zero-order valence-corrected chi connectivity index (χ0v) is 12.1. The van der Waals surface area contributed by atoms with E-state index in [1.54, 1.807) is 30.3 Å². The fourth-order valence-electron chi connectivity index (χ4n) is 2.42. The summed E-state index contributed by atoms with van der Waals surface area (Å²) in [6.07, 6.45) is 1.78. The van der Waals surface area contributed by atoms with E-state index in [4.69, 9.17) is 0 Å². The van der Waals surface area contributed by atoms with Gasteiger partial charge in [0.15, 0.2) is 0 Å². The first-order chi connectivity index (χ1) is 11.2. The van der Waals surface area contributed by atoms with Gasteiger partial charge in [0.1, 0.15) is 18.0 Å². The Balaban J connectivity index is 1.79. The first-order valence-electron chi connectivity index (χ1n) is 7.02. The molecule has 0 amide bonds. The number of fused-ring (bicyclic) bond motifs is 1. The van der Waals surface area contributed by atoms with Crippen LogP contribution in [0.1, 0.15) is 5.56 Å². The molecule has 0 saturated carbocycles. The van der Waals surface area contributed by atoms with E-state index in [-0.39, 0.29) is 5.69 Å². The van der Waals surface area contributed by atoms with Crippen molar-refractivity contribution in [3.63, 3.8) is 0 Å². The second-order valence-electron chi connectivity index (χ2n) is 4.92. The normalized spacial score (nSPS) is 10.7. The minimum Gasteiger partial charge on any atom is -0.369 e. The summed E-state index contributed by atoms with van der Waals surface area (Å²) in [4.78, 5) is 18.7. The molecule has 0 aliphatic heterocycles. The van der Waals surface area contributed by atoms with Crippen molar-refractivity contribution in [3.05, 3.63) is 70.3 Å². The van der Waals surface area contributed by atoms with Crippen molar-refractivity contribution < 1.29 is 9.31 Å². The number of nitrogens with one attached hydrogen (secondary N) is 1. The number of rotatable bonds is 5. The predicted molar refractivity (Wildman–Crippen MR) is 84.8 cm³/mol. The Labute approximate surface area is 131 Å². The van der Waals surface area contributed by atoms with Crippen LogP contribution >= 0.6 is 0 Å². The summed E-state index contributed by atoms with van der Waals surface area (Å²) >= 11 is 0. The van der Waals surface area contributed by atoms with E-state index >= 15 is 0 Å². The maximum atomic E-state index is 14.0. The Hall–Kier alpha value is -3.09. The van der Waals surface area contributed by atoms with Gasteiger partial charge >= 0.3 is 0 Å². The van der Waals surface area contributed by atoms with Crippen LogP contribution in [0.4, 0.5) is 15.9 Å². The van der Waals surface area contributed by atoms with Crippen LogP contribution in [0, 0.1) is 15.9 Å². The van der Waals surface area contributed by atoms with E-state index < -0.39 is 10.7 Å². The SMILES string of the molecule is O=[N+]([O-])c1ccccc1CCNc1ncnc2cccc(F)c12. The van der Waals surface area contributed by atoms with Crippen molar-refractivity contribution in [2.24, 2.45) is 0 Å². The monoisotopic (exact) mass is 312 g/mol. The molecular formula is C16H13FN4O2. The Bertz CT molecular complexity index is 864. The third-order valence-corrected chi connectivity index (χ3v) is 3.49. The van der Waals surface area contributed by atoms with Crippen molar-refractivity contribution in [3.8, 4) is 0 Å². The molecule has 116 valence electrons. The lowest BCUT2D eigenvalue weighted by Crippen LogP contribution is -2.08. The fourth-order valence-corrected chi connectivity index (χ4v) is 2.42. The summed E-state index contributed by atoms with van der Waals surface area (Å²) in [5.41, 5.74) is 1.20. The smallest absolute Gasteiger partial charge is 0.272 e. The number of anilines is 1. The summed E-state index contributed by atoms with van der Waals surface area (Å²) in [5.74, 6) is -0.0250. The van der Waals surface area contributed by atoms with Crippen LogP contribution < -0.4 is 5.32 Å². The molecular weight excluding hydrogens is 299 g/mol. The van der Waals surface area contributed by atoms with Gasteiger partial charge in [-0.25, -0.2) is 14.4 Å². The molecule has 2 aromatic carbocycles. The highest BCUT2D eigenvalue weighted by atomic mass is 19.1. The standard InChI is InChI=1S/C16H13FN4O2/c17-12-5-3-6-13-15(12)16(20-10-19-13)18-9-8-11-4-1-2-7-14(11)21(22)23/h1-7,10H,8-9H2,(H,18,19,20). The number of nitrogens with zero attached hydrogens (tertiary/aromatic N) is 3. The van der Waals surface area contributed by atoms with Gasteiger partial charge in [0, 0.05) is 18.2 Å². The maximum absolute atomic E-state index is 14.0. The van der Waals surface area contributed by atoms with E-state index in [1.165, 1.54) is 18.5 Å². The lowest BCUT2D eigenvalue weighted by molar-refractivity contribution is -0.385. The summed E-state index contributed by atoms with van der Waals surface area (Å²) < 4.78 is 14.0. The van der Waals surface area contributed by atoms with Crippen molar-refractivity contribution in [2.75, 3.05) is 11.9 Å². The molecule has 1 aromatic heterocycles. The maximum Gasteiger partial charge on any atom is 0.272 e. The molecule has 1 heterocycles. The Morgan fingerprint density at radius 1 is 1.13 bits per heavy atom. The number of benzene rings is 2. The first-order valence-corrected chi connectivity index (χ1v) is 7.02. The van der Waals surface area contributed by atoms with Crippen LogP contribution in [0.25, 0.3) is 10.9 Å². The number of para-hydroxylation sites is 1. The van der Waals surface area contributed by atoms with E-state index in [1.807, 2.05) is 0 Å². The van der Waals surface area contributed by atoms with Crippen LogP contribution in [-0.2, 0) is 6.42 Å². The topological polar surface area (TPSA) is 81.0 Å². The lowest BCUT2D eigenvalue weighted by atomic mass is 10.1. The van der Waals surface area contributed by atoms with Gasteiger partial charge in [-0.3, -0.25) is 10.1 Å². The second-order valence-corrected chi connectivity index (χ2v) is 4.92. The molecule has 0 unspecified atom stereocenters. The molecule has 0 radical (unpaired) electrons. The van der Waals surface area contributed by atoms with Crippen molar-refractivity contribution in [2.45, 2.75) is 6.42 Å². The van der Waals surface area contributed by atoms with Gasteiger partial charge in [-0.05, 0) is 18.6 Å². The molecule has 1 N–H and O–H groups in total. The van der Waals surface area contributed by atoms with Gasteiger partial charge in [0.05, 0.1) is 15.8 Å². The summed E-state index contributed by atoms with van der Waals surface area (Å²) in [6, 6.07) is 11.2. The van der Waals surface area contributed by atoms with Gasteiger partial charge in [0.25, 0.3) is 5.69 Å². The van der Waals surface area contributed by atoms with Crippen LogP contribution in [0.3, 0.4) is 0 Å². The zero-order chi connectivity index (χ0) is 16.2. The van der Waals surface area contributed by atoms with Crippen molar-refractivity contribution in [1.82, 2.24) is 9.97 Å². The van der Waals surface area contributed by atoms with E-state index in [0.29, 0.717) is 35.2 Å². The van der Waals surface area contributed by atoms with E-state index in [9.17, 15) is 14.5 Å². The largest absolute Gasteiger partial charge is 0.369 e. The zero-order valence-electron chi connectivity index (χ0n) is 12.1. The average Bonchev–Trinajstić information content (AvgIpc) is 2.55. The molecule has 6 nitrogen and oxygen atoms in total. The molecule has 0 atom stereocenters. The highest BCUT2D eigenvalue weighted by molar-refractivity contribution is 5.89. The van der Waals surface area contributed by atoms with Crippen LogP contribution in [0.5, 0.6) is 0 Å². The number of nitro groups is 1. The molecule has 0 fully saturated rings. The van der Waals surface area contributed by atoms with Crippen LogP contribution in [0.2, 0.25) is 0 Å². The van der Waals surface area contributed by atoms with Crippen molar-refractivity contribution >= 4 is 22.4 Å². The Kier molecular flexibility index (Phi) is 4.09. The molecule has 7 heteroatoms. The molecule has 0 saturated heterocycles. The van der Waals surface area contributed by atoms with Crippen LogP contribution in [-0.4, -0.2) is 21.4 Å². The third-order valence-electron chi connectivity index (χ3n) is 3.49. The molecule has 23 heavy (non-hydrogen) atoms. The fraction of sp³-hybridized carbons (Fsp3) is 0.125. The Morgan fingerprint density at radius 2 is 1.96 bits per heavy atom. The Morgan fingerprint density at radius 3 is 2.78 bits per heavy atom. The summed E-state index contributed by atoms with van der Waals surface area (Å²) in [7, 11) is 0. The van der Waals surface area contributed by atoms with Gasteiger partial charge in [-0.15, -0.1) is 0 Å².